The third kappa shape index (κ3) is 4.49. The fourth-order valence-corrected chi connectivity index (χ4v) is 3.11. The number of ether oxygens (including phenoxy) is 1. The highest BCUT2D eigenvalue weighted by molar-refractivity contribution is 5.95. The molecule has 0 saturated carbocycles. The van der Waals surface area contributed by atoms with Crippen LogP contribution in [0.5, 0.6) is 5.75 Å². The normalized spacial score (nSPS) is 20.8. The molecule has 0 aliphatic carbocycles. The number of benzene rings is 1. The standard InChI is InChI=1S/C18H23N3O4/c22-16(20-15-4-1-2-10-19-18(15)24)12-25-14-8-6-13(7-9-14)21-11-3-5-17(21)23/h6-9,15H,1-5,10-12H2,(H,19,24)(H,20,22)/t15-/m1/s1. The highest BCUT2D eigenvalue weighted by atomic mass is 16.5. The average Bonchev–Trinajstić information content (AvgIpc) is 2.94. The van der Waals surface area contributed by atoms with E-state index in [1.165, 1.54) is 0 Å². The zero-order valence-electron chi connectivity index (χ0n) is 14.1. The summed E-state index contributed by atoms with van der Waals surface area (Å²) in [5, 5.41) is 5.50. The molecule has 2 N–H and O–H groups in total. The molecule has 2 aliphatic rings. The largest absolute Gasteiger partial charge is 0.484 e. The number of carbonyl (C=O) groups is 3. The maximum Gasteiger partial charge on any atom is 0.258 e. The second-order valence-corrected chi connectivity index (χ2v) is 6.34. The molecular formula is C18H23N3O4. The number of amides is 3. The Balaban J connectivity index is 1.48. The van der Waals surface area contributed by atoms with Gasteiger partial charge in [-0.05, 0) is 49.9 Å². The van der Waals surface area contributed by atoms with Crippen LogP contribution in [0.15, 0.2) is 24.3 Å². The molecule has 134 valence electrons. The monoisotopic (exact) mass is 345 g/mol. The van der Waals surface area contributed by atoms with Crippen molar-refractivity contribution in [1.82, 2.24) is 10.6 Å². The van der Waals surface area contributed by atoms with Crippen LogP contribution >= 0.6 is 0 Å². The van der Waals surface area contributed by atoms with E-state index in [0.29, 0.717) is 25.1 Å². The second kappa shape index (κ2) is 8.00. The van der Waals surface area contributed by atoms with Crippen LogP contribution in [0.2, 0.25) is 0 Å². The molecule has 0 bridgehead atoms. The molecule has 2 fully saturated rings. The number of carbonyl (C=O) groups excluding carboxylic acids is 3. The first-order valence-corrected chi connectivity index (χ1v) is 8.74. The minimum Gasteiger partial charge on any atom is -0.484 e. The van der Waals surface area contributed by atoms with Crippen LogP contribution < -0.4 is 20.3 Å². The van der Waals surface area contributed by atoms with Gasteiger partial charge in [0.15, 0.2) is 6.61 Å². The molecule has 1 atom stereocenters. The van der Waals surface area contributed by atoms with Crippen molar-refractivity contribution in [3.05, 3.63) is 24.3 Å². The van der Waals surface area contributed by atoms with Crippen molar-refractivity contribution in [2.75, 3.05) is 24.6 Å². The first kappa shape index (κ1) is 17.3. The summed E-state index contributed by atoms with van der Waals surface area (Å²) in [6.45, 7) is 1.25. The molecule has 2 heterocycles. The van der Waals surface area contributed by atoms with Gasteiger partial charge in [-0.25, -0.2) is 0 Å². The molecule has 3 amide bonds. The van der Waals surface area contributed by atoms with Crippen molar-refractivity contribution in [2.45, 2.75) is 38.1 Å². The van der Waals surface area contributed by atoms with Crippen LogP contribution in [0.1, 0.15) is 32.1 Å². The van der Waals surface area contributed by atoms with Gasteiger partial charge in [0.2, 0.25) is 11.8 Å². The molecular weight excluding hydrogens is 322 g/mol. The van der Waals surface area contributed by atoms with Crippen LogP contribution in [-0.2, 0) is 14.4 Å². The van der Waals surface area contributed by atoms with Gasteiger partial charge in [-0.1, -0.05) is 0 Å². The summed E-state index contributed by atoms with van der Waals surface area (Å²) in [6, 6.07) is 6.63. The van der Waals surface area contributed by atoms with Gasteiger partial charge >= 0.3 is 0 Å². The van der Waals surface area contributed by atoms with E-state index in [9.17, 15) is 14.4 Å². The third-order valence-corrected chi connectivity index (χ3v) is 4.46. The lowest BCUT2D eigenvalue weighted by Gasteiger charge is -2.17. The lowest BCUT2D eigenvalue weighted by molar-refractivity contribution is -0.129. The van der Waals surface area contributed by atoms with E-state index in [-0.39, 0.29) is 24.3 Å². The van der Waals surface area contributed by atoms with Crippen molar-refractivity contribution in [1.29, 1.82) is 0 Å². The van der Waals surface area contributed by atoms with Crippen LogP contribution in [-0.4, -0.2) is 43.5 Å². The van der Waals surface area contributed by atoms with E-state index in [1.54, 1.807) is 17.0 Å². The summed E-state index contributed by atoms with van der Waals surface area (Å²) in [6.07, 6.45) is 3.96. The summed E-state index contributed by atoms with van der Waals surface area (Å²) >= 11 is 0. The average molecular weight is 345 g/mol. The first-order chi connectivity index (χ1) is 12.1. The van der Waals surface area contributed by atoms with Gasteiger partial charge in [-0.2, -0.15) is 0 Å². The fourth-order valence-electron chi connectivity index (χ4n) is 3.11. The van der Waals surface area contributed by atoms with Crippen molar-refractivity contribution < 1.29 is 19.1 Å². The Labute approximate surface area is 146 Å². The summed E-state index contributed by atoms with van der Waals surface area (Å²) in [4.78, 5) is 37.3. The molecule has 1 aromatic rings. The van der Waals surface area contributed by atoms with Crippen molar-refractivity contribution in [3.63, 3.8) is 0 Å². The highest BCUT2D eigenvalue weighted by Gasteiger charge is 2.23. The lowest BCUT2D eigenvalue weighted by atomic mass is 10.1. The molecule has 0 spiro atoms. The molecule has 0 unspecified atom stereocenters. The minimum atomic E-state index is -0.484. The molecule has 0 radical (unpaired) electrons. The summed E-state index contributed by atoms with van der Waals surface area (Å²) < 4.78 is 5.47. The molecule has 25 heavy (non-hydrogen) atoms. The smallest absolute Gasteiger partial charge is 0.258 e. The molecule has 2 saturated heterocycles. The number of hydrogen-bond donors (Lipinski definition) is 2. The van der Waals surface area contributed by atoms with Gasteiger partial charge in [-0.3, -0.25) is 14.4 Å². The predicted molar refractivity (Wildman–Crippen MR) is 92.3 cm³/mol. The SMILES string of the molecule is O=C(COc1ccc(N2CCCC2=O)cc1)N[C@@H]1CCCCNC1=O. The predicted octanol–water partition coefficient (Wildman–Crippen LogP) is 0.977. The summed E-state index contributed by atoms with van der Waals surface area (Å²) in [7, 11) is 0. The molecule has 1 aromatic carbocycles. The zero-order valence-corrected chi connectivity index (χ0v) is 14.1. The van der Waals surface area contributed by atoms with Gasteiger partial charge in [-0.15, -0.1) is 0 Å². The van der Waals surface area contributed by atoms with E-state index in [1.807, 2.05) is 12.1 Å². The number of anilines is 1. The summed E-state index contributed by atoms with van der Waals surface area (Å²) in [5.74, 6) is 0.233. The van der Waals surface area contributed by atoms with Crippen LogP contribution in [0.3, 0.4) is 0 Å². The Hall–Kier alpha value is -2.57. The van der Waals surface area contributed by atoms with Crippen LogP contribution in [0.25, 0.3) is 0 Å². The van der Waals surface area contributed by atoms with Gasteiger partial charge in [0.25, 0.3) is 5.91 Å². The Kier molecular flexibility index (Phi) is 5.53. The third-order valence-electron chi connectivity index (χ3n) is 4.46. The van der Waals surface area contributed by atoms with E-state index >= 15 is 0 Å². The summed E-state index contributed by atoms with van der Waals surface area (Å²) in [5.41, 5.74) is 0.842. The highest BCUT2D eigenvalue weighted by Crippen LogP contribution is 2.23. The maximum absolute atomic E-state index is 12.0. The lowest BCUT2D eigenvalue weighted by Crippen LogP contribution is -2.46. The minimum absolute atomic E-state index is 0.134. The topological polar surface area (TPSA) is 87.7 Å². The van der Waals surface area contributed by atoms with Gasteiger partial charge in [0.05, 0.1) is 0 Å². The Bertz CT molecular complexity index is 644. The number of hydrogen-bond acceptors (Lipinski definition) is 4. The molecule has 3 rings (SSSR count). The van der Waals surface area contributed by atoms with Crippen molar-refractivity contribution in [2.24, 2.45) is 0 Å². The van der Waals surface area contributed by atoms with Crippen molar-refractivity contribution in [3.8, 4) is 5.75 Å². The Morgan fingerprint density at radius 2 is 2.00 bits per heavy atom. The molecule has 7 nitrogen and oxygen atoms in total. The van der Waals surface area contributed by atoms with Gasteiger partial charge in [0.1, 0.15) is 11.8 Å². The second-order valence-electron chi connectivity index (χ2n) is 6.34. The first-order valence-electron chi connectivity index (χ1n) is 8.74. The Morgan fingerprint density at radius 3 is 2.72 bits per heavy atom. The van der Waals surface area contributed by atoms with Crippen LogP contribution in [0, 0.1) is 0 Å². The van der Waals surface area contributed by atoms with Gasteiger partial charge < -0.3 is 20.3 Å². The molecule has 2 aliphatic heterocycles. The Morgan fingerprint density at radius 1 is 1.20 bits per heavy atom. The van der Waals surface area contributed by atoms with Crippen molar-refractivity contribution >= 4 is 23.4 Å². The quantitative estimate of drug-likeness (QED) is 0.833. The van der Waals surface area contributed by atoms with Gasteiger partial charge in [0, 0.05) is 25.2 Å². The van der Waals surface area contributed by atoms with E-state index in [0.717, 1.165) is 31.5 Å². The molecule has 0 aromatic heterocycles. The number of nitrogens with one attached hydrogen (secondary N) is 2. The number of rotatable bonds is 5. The van der Waals surface area contributed by atoms with E-state index < -0.39 is 6.04 Å². The molecule has 7 heteroatoms. The fraction of sp³-hybridized carbons (Fsp3) is 0.500. The number of nitrogens with zero attached hydrogens (tertiary/aromatic N) is 1. The zero-order chi connectivity index (χ0) is 17.6. The van der Waals surface area contributed by atoms with E-state index in [2.05, 4.69) is 10.6 Å². The van der Waals surface area contributed by atoms with Crippen LogP contribution in [0.4, 0.5) is 5.69 Å². The van der Waals surface area contributed by atoms with E-state index in [4.69, 9.17) is 4.74 Å². The maximum atomic E-state index is 12.0.